The fraction of sp³-hybridized carbons (Fsp3) is 0.842. The average Bonchev–Trinajstić information content (AvgIpc) is 3.24. The number of carbonyl (C=O) groups excluding carboxylic acids is 2. The summed E-state index contributed by atoms with van der Waals surface area (Å²) in [5, 5.41) is 41.7. The number of ether oxygens (including phenoxy) is 1. The van der Waals surface area contributed by atoms with E-state index >= 15 is 0 Å². The van der Waals surface area contributed by atoms with E-state index in [1.807, 2.05) is 18.9 Å². The first-order valence-electron chi connectivity index (χ1n) is 10.2. The molecule has 1 saturated heterocycles. The van der Waals surface area contributed by atoms with Crippen molar-refractivity contribution in [3.05, 3.63) is 0 Å². The first kappa shape index (κ1) is 32.3. The van der Waals surface area contributed by atoms with Gasteiger partial charge in [-0.05, 0) is 6.92 Å². The standard InChI is InChI=1S/C8H20NO3.C7H11N3O.C2H5NO2.C2H6O2/c1-9(2,3)4-5-12-7-8(11)6-10;1-5-3-10-6(11)4-9(2)7(10)8-5;3-1-2(4)5;3-1-2-4/h8,10-11H,4-7H2,1-3H3;5H,3-4H2,1-2H3;1,3H2,(H,4,5);3-4H,1-2H2/q+1;;;/p-1. The highest BCUT2D eigenvalue weighted by atomic mass is 16.5. The molecule has 2 heterocycles. The maximum atomic E-state index is 11.2. The van der Waals surface area contributed by atoms with E-state index in [0.717, 1.165) is 23.5 Å². The number of amides is 1. The number of nitrogens with two attached hydrogens (primary N) is 1. The summed E-state index contributed by atoms with van der Waals surface area (Å²) >= 11 is 0. The zero-order valence-electron chi connectivity index (χ0n) is 19.8. The van der Waals surface area contributed by atoms with Crippen LogP contribution in [0.25, 0.3) is 0 Å². The van der Waals surface area contributed by atoms with Crippen LogP contribution in [0.3, 0.4) is 0 Å². The van der Waals surface area contributed by atoms with E-state index in [1.165, 1.54) is 0 Å². The molecule has 190 valence electrons. The maximum absolute atomic E-state index is 11.2. The van der Waals surface area contributed by atoms with Gasteiger partial charge in [0.25, 0.3) is 0 Å². The topological polar surface area (TPSA) is 192 Å². The fourth-order valence-electron chi connectivity index (χ4n) is 2.14. The van der Waals surface area contributed by atoms with Crippen LogP contribution in [0.5, 0.6) is 0 Å². The van der Waals surface area contributed by atoms with Crippen molar-refractivity contribution in [2.24, 2.45) is 10.7 Å². The molecule has 0 radical (unpaired) electrons. The molecule has 1 fully saturated rings. The number of quaternary nitrogens is 1. The van der Waals surface area contributed by atoms with E-state index < -0.39 is 12.1 Å². The number of hydrogen-bond acceptors (Lipinski definition) is 11. The number of nitrogens with zero attached hydrogens (tertiary/aromatic N) is 4. The fourth-order valence-corrected chi connectivity index (χ4v) is 2.14. The van der Waals surface area contributed by atoms with Crippen molar-refractivity contribution in [2.45, 2.75) is 19.1 Å². The van der Waals surface area contributed by atoms with Crippen LogP contribution in [0.4, 0.5) is 0 Å². The largest absolute Gasteiger partial charge is 0.549 e. The van der Waals surface area contributed by atoms with E-state index in [0.29, 0.717) is 13.2 Å². The normalized spacial score (nSPS) is 17.8. The van der Waals surface area contributed by atoms with Crippen molar-refractivity contribution in [3.8, 4) is 0 Å². The molecule has 2 atom stereocenters. The molecule has 0 aromatic carbocycles. The first-order chi connectivity index (χ1) is 14.8. The van der Waals surface area contributed by atoms with Crippen molar-refractivity contribution in [3.63, 3.8) is 0 Å². The molecule has 0 aromatic heterocycles. The minimum absolute atomic E-state index is 0.125. The Hall–Kier alpha value is -1.87. The zero-order valence-corrected chi connectivity index (χ0v) is 19.8. The second-order valence-electron chi connectivity index (χ2n) is 8.09. The van der Waals surface area contributed by atoms with Crippen LogP contribution in [0.15, 0.2) is 4.99 Å². The molecule has 0 spiro atoms. The molecule has 0 aliphatic carbocycles. The summed E-state index contributed by atoms with van der Waals surface area (Å²) in [6.07, 6.45) is -0.738. The highest BCUT2D eigenvalue weighted by Crippen LogP contribution is 2.16. The molecule has 13 nitrogen and oxygen atoms in total. The molecule has 32 heavy (non-hydrogen) atoms. The number of fused-ring (bicyclic) bond motifs is 1. The van der Waals surface area contributed by atoms with Gasteiger partial charge in [-0.2, -0.15) is 0 Å². The Kier molecular flexibility index (Phi) is 17.8. The number of likely N-dealkylation sites (N-methyl/N-ethyl adjacent to an activating group) is 2. The molecule has 2 aliphatic rings. The summed E-state index contributed by atoms with van der Waals surface area (Å²) in [5.74, 6) is -0.192. The summed E-state index contributed by atoms with van der Waals surface area (Å²) in [6, 6.07) is 0.275. The van der Waals surface area contributed by atoms with Gasteiger partial charge in [-0.1, -0.05) is 0 Å². The van der Waals surface area contributed by atoms with Crippen molar-refractivity contribution in [2.75, 3.05) is 87.4 Å². The van der Waals surface area contributed by atoms with Gasteiger partial charge in [0.2, 0.25) is 11.9 Å². The van der Waals surface area contributed by atoms with E-state index in [-0.39, 0.29) is 44.9 Å². The van der Waals surface area contributed by atoms with Gasteiger partial charge in [0.1, 0.15) is 12.6 Å². The zero-order chi connectivity index (χ0) is 25.3. The lowest BCUT2D eigenvalue weighted by Crippen LogP contribution is -2.38. The van der Waals surface area contributed by atoms with E-state index in [1.54, 1.807) is 4.90 Å². The number of guanidine groups is 1. The van der Waals surface area contributed by atoms with Crippen LogP contribution in [-0.2, 0) is 14.3 Å². The van der Waals surface area contributed by atoms with Crippen molar-refractivity contribution < 1.29 is 44.3 Å². The summed E-state index contributed by atoms with van der Waals surface area (Å²) in [4.78, 5) is 28.3. The van der Waals surface area contributed by atoms with Crippen LogP contribution in [0.1, 0.15) is 6.92 Å². The van der Waals surface area contributed by atoms with Gasteiger partial charge in [0.15, 0.2) is 0 Å². The van der Waals surface area contributed by atoms with Gasteiger partial charge in [-0.15, -0.1) is 0 Å². The number of carboxylic acid groups (broad SMARTS) is 1. The number of aliphatic carboxylic acids is 1. The summed E-state index contributed by atoms with van der Waals surface area (Å²) < 4.78 is 5.98. The number of rotatable bonds is 8. The van der Waals surface area contributed by atoms with Crippen LogP contribution in [0, 0.1) is 0 Å². The quantitative estimate of drug-likeness (QED) is 0.171. The molecular formula is C19H41N5O8. The molecule has 2 unspecified atom stereocenters. The number of carboxylic acids is 1. The van der Waals surface area contributed by atoms with Gasteiger partial charge in [0.05, 0.1) is 79.3 Å². The van der Waals surface area contributed by atoms with E-state index in [2.05, 4.69) is 31.9 Å². The highest BCUT2D eigenvalue weighted by Gasteiger charge is 2.36. The lowest BCUT2D eigenvalue weighted by atomic mass is 10.3. The Labute approximate surface area is 189 Å². The van der Waals surface area contributed by atoms with Gasteiger partial charge in [-0.25, -0.2) is 4.99 Å². The second kappa shape index (κ2) is 17.7. The molecule has 0 bridgehead atoms. The summed E-state index contributed by atoms with van der Waals surface area (Å²) in [5.41, 5.74) is 4.51. The van der Waals surface area contributed by atoms with Crippen LogP contribution < -0.4 is 10.8 Å². The maximum Gasteiger partial charge on any atom is 0.248 e. The van der Waals surface area contributed by atoms with E-state index in [4.69, 9.17) is 35.1 Å². The minimum atomic E-state index is -1.22. The predicted octanol–water partition coefficient (Wildman–Crippen LogP) is -4.75. The summed E-state index contributed by atoms with van der Waals surface area (Å²) in [6.45, 7) is 4.14. The predicted molar refractivity (Wildman–Crippen MR) is 116 cm³/mol. The van der Waals surface area contributed by atoms with Gasteiger partial charge >= 0.3 is 0 Å². The number of aliphatic hydroxyl groups excluding tert-OH is 4. The van der Waals surface area contributed by atoms with Crippen LogP contribution in [0.2, 0.25) is 0 Å². The number of aliphatic imine (C=N–C) groups is 1. The molecule has 0 aromatic rings. The third-order valence-corrected chi connectivity index (χ3v) is 3.73. The van der Waals surface area contributed by atoms with Gasteiger partial charge in [-0.3, -0.25) is 9.69 Å². The van der Waals surface area contributed by atoms with Crippen LogP contribution in [-0.4, -0.2) is 152 Å². The van der Waals surface area contributed by atoms with Crippen LogP contribution >= 0.6 is 0 Å². The first-order valence-corrected chi connectivity index (χ1v) is 10.2. The minimum Gasteiger partial charge on any atom is -0.549 e. The lowest BCUT2D eigenvalue weighted by molar-refractivity contribution is -0.870. The van der Waals surface area contributed by atoms with Crippen molar-refractivity contribution >= 4 is 17.8 Å². The molecule has 1 amide bonds. The smallest absolute Gasteiger partial charge is 0.248 e. The van der Waals surface area contributed by atoms with Gasteiger partial charge < -0.3 is 50.2 Å². The number of hydrogen-bond donors (Lipinski definition) is 5. The molecule has 2 rings (SSSR count). The molecule has 0 saturated carbocycles. The molecular weight excluding hydrogens is 426 g/mol. The third-order valence-electron chi connectivity index (χ3n) is 3.73. The molecule has 6 N–H and O–H groups in total. The number of aliphatic hydroxyl groups is 4. The Balaban J connectivity index is 0. The Morgan fingerprint density at radius 2 is 1.84 bits per heavy atom. The monoisotopic (exact) mass is 467 g/mol. The Morgan fingerprint density at radius 1 is 1.31 bits per heavy atom. The lowest BCUT2D eigenvalue weighted by Gasteiger charge is -2.23. The summed E-state index contributed by atoms with van der Waals surface area (Å²) in [7, 11) is 8.12. The third kappa shape index (κ3) is 16.8. The van der Waals surface area contributed by atoms with Crippen molar-refractivity contribution in [1.82, 2.24) is 9.80 Å². The van der Waals surface area contributed by atoms with E-state index in [9.17, 15) is 4.79 Å². The SMILES string of the molecule is CC1CN2C(=O)CN(C)C2=N1.C[N+](C)(C)CCOCC(O)CO.NCC(=O)[O-].OCCO. The number of carbonyl (C=O) groups is 2. The second-order valence-corrected chi connectivity index (χ2v) is 8.09. The molecule has 2 aliphatic heterocycles. The Bertz CT molecular complexity index is 554. The average molecular weight is 468 g/mol. The Morgan fingerprint density at radius 3 is 2.22 bits per heavy atom. The molecule has 13 heteroatoms. The highest BCUT2D eigenvalue weighted by molar-refractivity contribution is 6.05. The van der Waals surface area contributed by atoms with Gasteiger partial charge in [0, 0.05) is 13.6 Å². The van der Waals surface area contributed by atoms with Crippen molar-refractivity contribution in [1.29, 1.82) is 0 Å².